The van der Waals surface area contributed by atoms with E-state index >= 15 is 0 Å². The van der Waals surface area contributed by atoms with Crippen molar-refractivity contribution in [2.75, 3.05) is 13.6 Å². The highest BCUT2D eigenvalue weighted by Gasteiger charge is 2.12. The highest BCUT2D eigenvalue weighted by atomic mass is 14.8. The molecule has 2 aromatic rings. The van der Waals surface area contributed by atoms with Crippen molar-refractivity contribution in [3.05, 3.63) is 54.1 Å². The lowest BCUT2D eigenvalue weighted by Crippen LogP contribution is -2.17. The second-order valence-electron chi connectivity index (χ2n) is 3.54. The molecule has 1 atom stereocenters. The number of aromatic nitrogens is 2. The molecule has 0 saturated carbocycles. The van der Waals surface area contributed by atoms with Gasteiger partial charge in [-0.3, -0.25) is 4.98 Å². The summed E-state index contributed by atoms with van der Waals surface area (Å²) in [6.45, 7) is 0.932. The SMILES string of the molecule is CNCC(c1ccncc1)c1cc[nH]c1. The summed E-state index contributed by atoms with van der Waals surface area (Å²) in [5.74, 6) is 0.393. The van der Waals surface area contributed by atoms with Crippen molar-refractivity contribution in [3.63, 3.8) is 0 Å². The summed E-state index contributed by atoms with van der Waals surface area (Å²) < 4.78 is 0. The first kappa shape index (κ1) is 9.93. The maximum atomic E-state index is 4.04. The van der Waals surface area contributed by atoms with Crippen LogP contribution in [0.1, 0.15) is 17.0 Å². The molecule has 15 heavy (non-hydrogen) atoms. The van der Waals surface area contributed by atoms with Crippen molar-refractivity contribution in [3.8, 4) is 0 Å². The summed E-state index contributed by atoms with van der Waals surface area (Å²) in [7, 11) is 1.97. The molecule has 78 valence electrons. The lowest BCUT2D eigenvalue weighted by atomic mass is 9.94. The first-order valence-corrected chi connectivity index (χ1v) is 5.09. The van der Waals surface area contributed by atoms with Crippen LogP contribution in [0, 0.1) is 0 Å². The summed E-state index contributed by atoms with van der Waals surface area (Å²) in [4.78, 5) is 7.14. The molecule has 0 aliphatic heterocycles. The number of nitrogens with one attached hydrogen (secondary N) is 2. The Bertz CT molecular complexity index is 381. The fourth-order valence-electron chi connectivity index (χ4n) is 1.78. The molecule has 2 N–H and O–H groups in total. The van der Waals surface area contributed by atoms with E-state index in [1.807, 2.05) is 31.8 Å². The van der Waals surface area contributed by atoms with Gasteiger partial charge in [0.1, 0.15) is 0 Å². The average molecular weight is 201 g/mol. The van der Waals surface area contributed by atoms with Gasteiger partial charge in [0.25, 0.3) is 0 Å². The Kier molecular flexibility index (Phi) is 3.15. The number of hydrogen-bond acceptors (Lipinski definition) is 2. The van der Waals surface area contributed by atoms with Gasteiger partial charge in [-0.05, 0) is 36.4 Å². The van der Waals surface area contributed by atoms with Crippen molar-refractivity contribution in [2.45, 2.75) is 5.92 Å². The van der Waals surface area contributed by atoms with Crippen LogP contribution in [0.4, 0.5) is 0 Å². The molecule has 0 amide bonds. The lowest BCUT2D eigenvalue weighted by Gasteiger charge is -2.15. The monoisotopic (exact) mass is 201 g/mol. The van der Waals surface area contributed by atoms with Crippen molar-refractivity contribution in [1.82, 2.24) is 15.3 Å². The van der Waals surface area contributed by atoms with Crippen molar-refractivity contribution >= 4 is 0 Å². The molecule has 0 saturated heterocycles. The Hall–Kier alpha value is -1.61. The van der Waals surface area contributed by atoms with Crippen LogP contribution in [-0.4, -0.2) is 23.6 Å². The molecule has 0 aromatic carbocycles. The van der Waals surface area contributed by atoms with Crippen molar-refractivity contribution in [2.24, 2.45) is 0 Å². The van der Waals surface area contributed by atoms with E-state index in [0.717, 1.165) is 6.54 Å². The van der Waals surface area contributed by atoms with Gasteiger partial charge >= 0.3 is 0 Å². The van der Waals surface area contributed by atoms with Crippen LogP contribution in [0.15, 0.2) is 43.0 Å². The van der Waals surface area contributed by atoms with Crippen molar-refractivity contribution in [1.29, 1.82) is 0 Å². The Balaban J connectivity index is 2.28. The van der Waals surface area contributed by atoms with Crippen LogP contribution in [-0.2, 0) is 0 Å². The van der Waals surface area contributed by atoms with Gasteiger partial charge in [0.15, 0.2) is 0 Å². The van der Waals surface area contributed by atoms with Gasteiger partial charge in [-0.15, -0.1) is 0 Å². The average Bonchev–Trinajstić information content (AvgIpc) is 2.80. The van der Waals surface area contributed by atoms with Crippen LogP contribution in [0.5, 0.6) is 0 Å². The first-order chi connectivity index (χ1) is 7.42. The van der Waals surface area contributed by atoms with Gasteiger partial charge in [-0.1, -0.05) is 0 Å². The number of pyridine rings is 1. The quantitative estimate of drug-likeness (QED) is 0.791. The van der Waals surface area contributed by atoms with Crippen LogP contribution >= 0.6 is 0 Å². The minimum atomic E-state index is 0.393. The van der Waals surface area contributed by atoms with Crippen LogP contribution in [0.3, 0.4) is 0 Å². The summed E-state index contributed by atoms with van der Waals surface area (Å²) in [6.07, 6.45) is 7.68. The van der Waals surface area contributed by atoms with Gasteiger partial charge in [0, 0.05) is 37.3 Å². The van der Waals surface area contributed by atoms with E-state index in [2.05, 4.69) is 33.5 Å². The highest BCUT2D eigenvalue weighted by Crippen LogP contribution is 2.22. The number of rotatable bonds is 4. The zero-order valence-corrected chi connectivity index (χ0v) is 8.77. The molecular formula is C12H15N3. The molecule has 2 aromatic heterocycles. The number of H-pyrrole nitrogens is 1. The molecule has 3 nitrogen and oxygen atoms in total. The Morgan fingerprint density at radius 3 is 2.67 bits per heavy atom. The fourth-order valence-corrected chi connectivity index (χ4v) is 1.78. The molecule has 0 radical (unpaired) electrons. The van der Waals surface area contributed by atoms with Crippen molar-refractivity contribution < 1.29 is 0 Å². The third kappa shape index (κ3) is 2.25. The van der Waals surface area contributed by atoms with Gasteiger partial charge in [0.2, 0.25) is 0 Å². The van der Waals surface area contributed by atoms with Gasteiger partial charge in [0.05, 0.1) is 0 Å². The molecule has 2 heterocycles. The number of nitrogens with zero attached hydrogens (tertiary/aromatic N) is 1. The first-order valence-electron chi connectivity index (χ1n) is 5.09. The third-order valence-corrected chi connectivity index (χ3v) is 2.54. The van der Waals surface area contributed by atoms with E-state index in [1.165, 1.54) is 11.1 Å². The fraction of sp³-hybridized carbons (Fsp3) is 0.250. The molecule has 0 aliphatic rings. The largest absolute Gasteiger partial charge is 0.367 e. The minimum absolute atomic E-state index is 0.393. The number of likely N-dealkylation sites (N-methyl/N-ethyl adjacent to an activating group) is 1. The summed E-state index contributed by atoms with van der Waals surface area (Å²) in [5, 5.41) is 3.22. The van der Waals surface area contributed by atoms with E-state index in [-0.39, 0.29) is 0 Å². The van der Waals surface area contributed by atoms with E-state index in [1.54, 1.807) is 0 Å². The number of aromatic amines is 1. The molecule has 0 bridgehead atoms. The molecule has 0 fully saturated rings. The highest BCUT2D eigenvalue weighted by molar-refractivity contribution is 5.29. The second-order valence-corrected chi connectivity index (χ2v) is 3.54. The molecule has 3 heteroatoms. The normalized spacial score (nSPS) is 12.6. The third-order valence-electron chi connectivity index (χ3n) is 2.54. The predicted octanol–water partition coefficient (Wildman–Crippen LogP) is 1.76. The van der Waals surface area contributed by atoms with E-state index in [4.69, 9.17) is 0 Å². The van der Waals surface area contributed by atoms with Gasteiger partial charge < -0.3 is 10.3 Å². The Labute approximate surface area is 89.6 Å². The maximum Gasteiger partial charge on any atom is 0.0270 e. The smallest absolute Gasteiger partial charge is 0.0270 e. The van der Waals surface area contributed by atoms with E-state index in [9.17, 15) is 0 Å². The number of hydrogen-bond donors (Lipinski definition) is 2. The second kappa shape index (κ2) is 4.75. The molecular weight excluding hydrogens is 186 g/mol. The standard InChI is InChI=1S/C12H15N3/c1-13-9-12(11-4-7-15-8-11)10-2-5-14-6-3-10/h2-8,12-13,15H,9H2,1H3. The zero-order valence-electron chi connectivity index (χ0n) is 8.77. The molecule has 0 spiro atoms. The summed E-state index contributed by atoms with van der Waals surface area (Å²) >= 11 is 0. The summed E-state index contributed by atoms with van der Waals surface area (Å²) in [6, 6.07) is 6.24. The molecule has 0 aliphatic carbocycles. The van der Waals surface area contributed by atoms with E-state index in [0.29, 0.717) is 5.92 Å². The lowest BCUT2D eigenvalue weighted by molar-refractivity contribution is 0.708. The maximum absolute atomic E-state index is 4.04. The topological polar surface area (TPSA) is 40.7 Å². The predicted molar refractivity (Wildman–Crippen MR) is 60.8 cm³/mol. The zero-order chi connectivity index (χ0) is 10.5. The van der Waals surface area contributed by atoms with Gasteiger partial charge in [-0.25, -0.2) is 0 Å². The van der Waals surface area contributed by atoms with Crippen LogP contribution < -0.4 is 5.32 Å². The Morgan fingerprint density at radius 2 is 2.07 bits per heavy atom. The summed E-state index contributed by atoms with van der Waals surface area (Å²) in [5.41, 5.74) is 2.59. The van der Waals surface area contributed by atoms with Gasteiger partial charge in [-0.2, -0.15) is 0 Å². The van der Waals surface area contributed by atoms with E-state index < -0.39 is 0 Å². The molecule has 2 rings (SSSR count). The molecule has 1 unspecified atom stereocenters. The van der Waals surface area contributed by atoms with Crippen LogP contribution in [0.25, 0.3) is 0 Å². The minimum Gasteiger partial charge on any atom is -0.367 e. The van der Waals surface area contributed by atoms with Crippen LogP contribution in [0.2, 0.25) is 0 Å². The Morgan fingerprint density at radius 1 is 1.27 bits per heavy atom.